The molecule has 29 heavy (non-hydrogen) atoms. The number of ether oxygens (including phenoxy) is 1. The Labute approximate surface area is 173 Å². The van der Waals surface area contributed by atoms with Crippen LogP contribution in [0.25, 0.3) is 0 Å². The van der Waals surface area contributed by atoms with Crippen molar-refractivity contribution in [2.75, 3.05) is 20.2 Å². The number of carbonyl (C=O) groups excluding carboxylic acids is 1. The van der Waals surface area contributed by atoms with E-state index in [2.05, 4.69) is 23.2 Å². The van der Waals surface area contributed by atoms with Gasteiger partial charge in [0.2, 0.25) is 5.91 Å². The topological polar surface area (TPSA) is 41.6 Å². The Hall–Kier alpha value is -2.40. The minimum Gasteiger partial charge on any atom is -0.496 e. The monoisotopic (exact) mass is 398 g/mol. The van der Waals surface area contributed by atoms with Crippen LogP contribution in [-0.2, 0) is 11.3 Å². The molecule has 2 aromatic rings. The van der Waals surface area contributed by atoms with Crippen LogP contribution >= 0.6 is 0 Å². The van der Waals surface area contributed by atoms with Crippen LogP contribution in [0.4, 0.5) is 4.39 Å². The fourth-order valence-electron chi connectivity index (χ4n) is 4.09. The average molecular weight is 399 g/mol. The molecule has 1 aliphatic rings. The van der Waals surface area contributed by atoms with Crippen LogP contribution in [0.2, 0.25) is 0 Å². The molecule has 2 aromatic carbocycles. The molecule has 1 N–H and O–H groups in total. The average Bonchev–Trinajstić information content (AvgIpc) is 2.73. The van der Waals surface area contributed by atoms with Gasteiger partial charge >= 0.3 is 0 Å². The predicted octanol–water partition coefficient (Wildman–Crippen LogP) is 4.62. The second-order valence-electron chi connectivity index (χ2n) is 7.90. The number of rotatable bonds is 7. The fraction of sp³-hybridized carbons (Fsp3) is 0.458. The van der Waals surface area contributed by atoms with Crippen molar-refractivity contribution in [3.05, 3.63) is 65.0 Å². The molecule has 0 unspecified atom stereocenters. The standard InChI is InChI=1S/C24H31FN2O2/c1-4-22(19-9-12-23(29-3)17(2)14-19)26-24(28)20-6-5-13-27(16-20)15-18-7-10-21(25)11-8-18/h7-12,14,20,22H,4-6,13,15-16H2,1-3H3,(H,26,28)/t20-,22+/m0/s1. The molecule has 5 heteroatoms. The molecule has 0 spiro atoms. The minimum atomic E-state index is -0.218. The van der Waals surface area contributed by atoms with Gasteiger partial charge in [-0.25, -0.2) is 4.39 Å². The van der Waals surface area contributed by atoms with E-state index in [1.54, 1.807) is 7.11 Å². The summed E-state index contributed by atoms with van der Waals surface area (Å²) in [5.74, 6) is 0.745. The van der Waals surface area contributed by atoms with Gasteiger partial charge in [-0.1, -0.05) is 31.2 Å². The lowest BCUT2D eigenvalue weighted by Gasteiger charge is -2.33. The molecule has 0 aromatic heterocycles. The van der Waals surface area contributed by atoms with Gasteiger partial charge in [0.25, 0.3) is 0 Å². The van der Waals surface area contributed by atoms with Crippen LogP contribution in [0.3, 0.4) is 0 Å². The van der Waals surface area contributed by atoms with Crippen LogP contribution in [-0.4, -0.2) is 31.0 Å². The van der Waals surface area contributed by atoms with Crippen LogP contribution < -0.4 is 10.1 Å². The molecule has 1 aliphatic heterocycles. The van der Waals surface area contributed by atoms with E-state index in [-0.39, 0.29) is 23.7 Å². The molecular weight excluding hydrogens is 367 g/mol. The number of amides is 1. The van der Waals surface area contributed by atoms with E-state index in [0.717, 1.165) is 61.3 Å². The van der Waals surface area contributed by atoms with Gasteiger partial charge in [0, 0.05) is 13.1 Å². The summed E-state index contributed by atoms with van der Waals surface area (Å²) in [6, 6.07) is 12.7. The lowest BCUT2D eigenvalue weighted by Crippen LogP contribution is -2.43. The molecule has 1 amide bonds. The number of nitrogens with one attached hydrogen (secondary N) is 1. The number of carbonyl (C=O) groups is 1. The van der Waals surface area contributed by atoms with Gasteiger partial charge in [0.05, 0.1) is 19.1 Å². The van der Waals surface area contributed by atoms with Crippen LogP contribution in [0.1, 0.15) is 48.9 Å². The first-order valence-corrected chi connectivity index (χ1v) is 10.4. The summed E-state index contributed by atoms with van der Waals surface area (Å²) in [5, 5.41) is 3.25. The quantitative estimate of drug-likeness (QED) is 0.740. The molecule has 0 aliphatic carbocycles. The Kier molecular flexibility index (Phi) is 7.26. The first kappa shape index (κ1) is 21.3. The van der Waals surface area contributed by atoms with E-state index >= 15 is 0 Å². The van der Waals surface area contributed by atoms with Crippen LogP contribution in [0.5, 0.6) is 5.75 Å². The third-order valence-electron chi connectivity index (χ3n) is 5.74. The van der Waals surface area contributed by atoms with Crippen molar-refractivity contribution in [1.29, 1.82) is 0 Å². The van der Waals surface area contributed by atoms with Crippen molar-refractivity contribution >= 4 is 5.91 Å². The number of benzene rings is 2. The third-order valence-corrected chi connectivity index (χ3v) is 5.74. The van der Waals surface area contributed by atoms with E-state index in [4.69, 9.17) is 4.74 Å². The normalized spacial score (nSPS) is 18.3. The largest absolute Gasteiger partial charge is 0.496 e. The lowest BCUT2D eigenvalue weighted by atomic mass is 9.95. The van der Waals surface area contributed by atoms with Crippen molar-refractivity contribution in [2.45, 2.75) is 45.7 Å². The number of halogens is 1. The maximum Gasteiger partial charge on any atom is 0.224 e. The van der Waals surface area contributed by atoms with E-state index in [9.17, 15) is 9.18 Å². The Morgan fingerprint density at radius 3 is 2.69 bits per heavy atom. The molecule has 4 nitrogen and oxygen atoms in total. The maximum atomic E-state index is 13.1. The Balaban J connectivity index is 1.61. The van der Waals surface area contributed by atoms with Crippen molar-refractivity contribution in [2.24, 2.45) is 5.92 Å². The molecule has 156 valence electrons. The highest BCUT2D eigenvalue weighted by Gasteiger charge is 2.27. The molecule has 0 bridgehead atoms. The highest BCUT2D eigenvalue weighted by molar-refractivity contribution is 5.79. The zero-order valence-corrected chi connectivity index (χ0v) is 17.6. The molecule has 1 saturated heterocycles. The summed E-state index contributed by atoms with van der Waals surface area (Å²) < 4.78 is 18.5. The molecule has 3 rings (SSSR count). The SMILES string of the molecule is CC[C@@H](NC(=O)[C@H]1CCCN(Cc2ccc(F)cc2)C1)c1ccc(OC)c(C)c1. The van der Waals surface area contributed by atoms with Crippen molar-refractivity contribution in [3.8, 4) is 5.75 Å². The lowest BCUT2D eigenvalue weighted by molar-refractivity contribution is -0.127. The minimum absolute atomic E-state index is 0.000388. The number of likely N-dealkylation sites (tertiary alicyclic amines) is 1. The predicted molar refractivity (Wildman–Crippen MR) is 113 cm³/mol. The third kappa shape index (κ3) is 5.57. The van der Waals surface area contributed by atoms with Crippen LogP contribution in [0, 0.1) is 18.7 Å². The van der Waals surface area contributed by atoms with Crippen molar-refractivity contribution in [1.82, 2.24) is 10.2 Å². The molecule has 1 fully saturated rings. The summed E-state index contributed by atoms with van der Waals surface area (Å²) in [5.41, 5.74) is 3.26. The number of methoxy groups -OCH3 is 1. The second-order valence-corrected chi connectivity index (χ2v) is 7.90. The zero-order chi connectivity index (χ0) is 20.8. The highest BCUT2D eigenvalue weighted by Crippen LogP contribution is 2.26. The zero-order valence-electron chi connectivity index (χ0n) is 17.6. The first-order valence-electron chi connectivity index (χ1n) is 10.4. The smallest absolute Gasteiger partial charge is 0.224 e. The van der Waals surface area contributed by atoms with Gasteiger partial charge in [-0.3, -0.25) is 9.69 Å². The van der Waals surface area contributed by atoms with E-state index in [1.807, 2.05) is 31.2 Å². The summed E-state index contributed by atoms with van der Waals surface area (Å²) in [4.78, 5) is 15.3. The fourth-order valence-corrected chi connectivity index (χ4v) is 4.09. The van der Waals surface area contributed by atoms with E-state index in [0.29, 0.717) is 0 Å². The van der Waals surface area contributed by atoms with Crippen LogP contribution in [0.15, 0.2) is 42.5 Å². The van der Waals surface area contributed by atoms with Gasteiger partial charge in [0.15, 0.2) is 0 Å². The Bertz CT molecular complexity index is 822. The first-order chi connectivity index (χ1) is 14.0. The number of nitrogens with zero attached hydrogens (tertiary/aromatic N) is 1. The summed E-state index contributed by atoms with van der Waals surface area (Å²) in [6.07, 6.45) is 2.74. The summed E-state index contributed by atoms with van der Waals surface area (Å²) in [7, 11) is 1.67. The highest BCUT2D eigenvalue weighted by atomic mass is 19.1. The number of hydrogen-bond donors (Lipinski definition) is 1. The van der Waals surface area contributed by atoms with Gasteiger partial charge in [-0.05, 0) is 67.6 Å². The van der Waals surface area contributed by atoms with Gasteiger partial charge in [-0.2, -0.15) is 0 Å². The van der Waals surface area contributed by atoms with Gasteiger partial charge in [0.1, 0.15) is 11.6 Å². The molecule has 0 saturated carbocycles. The number of hydrogen-bond acceptors (Lipinski definition) is 3. The maximum absolute atomic E-state index is 13.1. The number of aryl methyl sites for hydroxylation is 1. The molecule has 2 atom stereocenters. The second kappa shape index (κ2) is 9.88. The summed E-state index contributed by atoms with van der Waals surface area (Å²) in [6.45, 7) is 6.56. The molecule has 1 heterocycles. The Morgan fingerprint density at radius 1 is 1.28 bits per heavy atom. The number of piperidine rings is 1. The van der Waals surface area contributed by atoms with Crippen molar-refractivity contribution in [3.63, 3.8) is 0 Å². The Morgan fingerprint density at radius 2 is 2.03 bits per heavy atom. The van der Waals surface area contributed by atoms with E-state index in [1.165, 1.54) is 12.1 Å². The van der Waals surface area contributed by atoms with E-state index < -0.39 is 0 Å². The van der Waals surface area contributed by atoms with Gasteiger partial charge in [-0.15, -0.1) is 0 Å². The molecular formula is C24H31FN2O2. The van der Waals surface area contributed by atoms with Crippen molar-refractivity contribution < 1.29 is 13.9 Å². The van der Waals surface area contributed by atoms with Gasteiger partial charge < -0.3 is 10.1 Å². The molecule has 0 radical (unpaired) electrons. The summed E-state index contributed by atoms with van der Waals surface area (Å²) >= 11 is 0.